The highest BCUT2D eigenvalue weighted by Crippen LogP contribution is 2.42. The molecule has 0 radical (unpaired) electrons. The fourth-order valence-electron chi connectivity index (χ4n) is 6.50. The molecule has 2 amide bonds. The molecule has 4 aliphatic rings. The topological polar surface area (TPSA) is 117 Å². The molecule has 10 nitrogen and oxygen atoms in total. The van der Waals surface area contributed by atoms with Crippen molar-refractivity contribution in [2.45, 2.75) is 88.0 Å². The van der Waals surface area contributed by atoms with Crippen molar-refractivity contribution in [3.63, 3.8) is 0 Å². The maximum atomic E-state index is 13.7. The Balaban J connectivity index is 1.38. The first kappa shape index (κ1) is 33.6. The standard InChI is InChI=1S/C35H45ClN4O6S/c1-35(2)33(41)38-47(43,44)28-14-16-32-30(20-28)40(18-5-4-7-23-19-26(36)11-9-25(23)22-45-32)21-24-10-15-29(24)31(8-6-17-39(35)3)46-34(42)37-27-12-13-27/h6,8-9,11,14,16,19-20,24,27,29,31H,4-5,7,10,12-13,15,17-18,21-22H2,1-3H3,(H,37,42)(H,38,41)/b8-6+/t24-,29+,31-/m0/s1. The first-order chi connectivity index (χ1) is 22.4. The highest BCUT2D eigenvalue weighted by molar-refractivity contribution is 7.90. The predicted molar refractivity (Wildman–Crippen MR) is 181 cm³/mol. The van der Waals surface area contributed by atoms with Crippen molar-refractivity contribution in [1.82, 2.24) is 14.9 Å². The van der Waals surface area contributed by atoms with E-state index in [9.17, 15) is 18.0 Å². The Hall–Kier alpha value is -3.28. The third-order valence-electron chi connectivity index (χ3n) is 10.2. The van der Waals surface area contributed by atoms with Crippen molar-refractivity contribution < 1.29 is 27.5 Å². The van der Waals surface area contributed by atoms with Gasteiger partial charge in [0.05, 0.1) is 16.1 Å². The third kappa shape index (κ3) is 7.73. The zero-order valence-electron chi connectivity index (χ0n) is 27.3. The molecule has 254 valence electrons. The van der Waals surface area contributed by atoms with E-state index in [1.807, 2.05) is 30.4 Å². The molecular weight excluding hydrogens is 640 g/mol. The van der Waals surface area contributed by atoms with Crippen molar-refractivity contribution in [3.8, 4) is 5.75 Å². The average molecular weight is 685 g/mol. The number of sulfonamides is 1. The van der Waals surface area contributed by atoms with Crippen molar-refractivity contribution in [1.29, 1.82) is 0 Å². The smallest absolute Gasteiger partial charge is 0.407 e. The monoisotopic (exact) mass is 684 g/mol. The number of hydrogen-bond donors (Lipinski definition) is 2. The number of nitrogens with zero attached hydrogens (tertiary/aromatic N) is 2. The van der Waals surface area contributed by atoms with E-state index in [1.54, 1.807) is 37.9 Å². The molecular formula is C35H45ClN4O6S. The van der Waals surface area contributed by atoms with Crippen LogP contribution in [0, 0.1) is 11.8 Å². The number of carbonyl (C=O) groups excluding carboxylic acids is 2. The van der Waals surface area contributed by atoms with Crippen LogP contribution in [0.15, 0.2) is 53.4 Å². The lowest BCUT2D eigenvalue weighted by Gasteiger charge is -2.43. The van der Waals surface area contributed by atoms with E-state index in [4.69, 9.17) is 21.1 Å². The van der Waals surface area contributed by atoms with Crippen LogP contribution >= 0.6 is 11.6 Å². The summed E-state index contributed by atoms with van der Waals surface area (Å²) < 4.78 is 42.1. The van der Waals surface area contributed by atoms with Gasteiger partial charge >= 0.3 is 6.09 Å². The number of alkyl carbamates (subject to hydrolysis) is 1. The molecule has 3 atom stereocenters. The van der Waals surface area contributed by atoms with E-state index in [-0.39, 0.29) is 22.8 Å². The lowest BCUT2D eigenvalue weighted by atomic mass is 9.70. The van der Waals surface area contributed by atoms with Gasteiger partial charge in [0.2, 0.25) is 0 Å². The van der Waals surface area contributed by atoms with E-state index in [1.165, 1.54) is 6.07 Å². The first-order valence-corrected chi connectivity index (χ1v) is 18.5. The van der Waals surface area contributed by atoms with Gasteiger partial charge in [-0.15, -0.1) is 0 Å². The molecule has 2 bridgehead atoms. The molecule has 2 aliphatic heterocycles. The zero-order valence-corrected chi connectivity index (χ0v) is 28.9. The minimum atomic E-state index is -4.20. The number of carbonyl (C=O) groups is 2. The quantitative estimate of drug-likeness (QED) is 0.403. The van der Waals surface area contributed by atoms with Gasteiger partial charge in [-0.3, -0.25) is 9.69 Å². The van der Waals surface area contributed by atoms with Gasteiger partial charge in [-0.2, -0.15) is 0 Å². The van der Waals surface area contributed by atoms with E-state index in [2.05, 4.69) is 14.9 Å². The number of nitrogens with one attached hydrogen (secondary N) is 2. The van der Waals surface area contributed by atoms with Gasteiger partial charge in [-0.05, 0) is 119 Å². The van der Waals surface area contributed by atoms with E-state index < -0.39 is 33.7 Å². The SMILES string of the molecule is CN1C/C=C/[C@H](OC(=O)NC2CC2)[C@@H]2CC[C@H]2CN2CCCCc3cc(Cl)ccc3COc3ccc(cc32)S(=O)(=O)NC(=O)C1(C)C. The number of benzene rings is 2. The fraction of sp³-hybridized carbons (Fsp3) is 0.543. The molecule has 2 aliphatic carbocycles. The number of amides is 2. The minimum absolute atomic E-state index is 0.00573. The highest BCUT2D eigenvalue weighted by atomic mass is 35.5. The molecule has 6 rings (SSSR count). The van der Waals surface area contributed by atoms with Gasteiger partial charge in [0.15, 0.2) is 0 Å². The van der Waals surface area contributed by atoms with Crippen LogP contribution in [-0.2, 0) is 32.6 Å². The van der Waals surface area contributed by atoms with Gasteiger partial charge < -0.3 is 19.7 Å². The second kappa shape index (κ2) is 13.7. The molecule has 2 heterocycles. The number of likely N-dealkylation sites (N-methyl/N-ethyl adjacent to an activating group) is 1. The number of fused-ring (bicyclic) bond motifs is 3. The molecule has 2 aromatic rings. The number of anilines is 1. The van der Waals surface area contributed by atoms with Crippen molar-refractivity contribution in [2.75, 3.05) is 31.6 Å². The van der Waals surface area contributed by atoms with Gasteiger partial charge in [0.1, 0.15) is 18.5 Å². The van der Waals surface area contributed by atoms with Crippen LogP contribution in [-0.4, -0.2) is 69.7 Å². The average Bonchev–Trinajstić information content (AvgIpc) is 3.82. The van der Waals surface area contributed by atoms with E-state index in [0.29, 0.717) is 42.7 Å². The predicted octanol–water partition coefficient (Wildman–Crippen LogP) is 5.43. The molecule has 0 aromatic heterocycles. The minimum Gasteiger partial charge on any atom is -0.487 e. The molecule has 2 N–H and O–H groups in total. The molecule has 2 fully saturated rings. The van der Waals surface area contributed by atoms with Crippen LogP contribution in [0.2, 0.25) is 5.02 Å². The number of aryl methyl sites for hydroxylation is 1. The number of rotatable bonds is 2. The summed E-state index contributed by atoms with van der Waals surface area (Å²) in [5, 5.41) is 3.63. The van der Waals surface area contributed by atoms with Crippen LogP contribution in [0.25, 0.3) is 0 Å². The number of ether oxygens (including phenoxy) is 2. The fourth-order valence-corrected chi connectivity index (χ4v) is 7.82. The second-order valence-corrected chi connectivity index (χ2v) is 15.9. The number of hydrogen-bond acceptors (Lipinski definition) is 8. The summed E-state index contributed by atoms with van der Waals surface area (Å²) in [5.74, 6) is 0.212. The Morgan fingerprint density at radius 2 is 1.89 bits per heavy atom. The molecule has 0 spiro atoms. The maximum absolute atomic E-state index is 13.7. The summed E-state index contributed by atoms with van der Waals surface area (Å²) in [6.45, 7) is 5.35. The Bertz CT molecular complexity index is 1640. The van der Waals surface area contributed by atoms with Crippen molar-refractivity contribution in [2.24, 2.45) is 11.8 Å². The van der Waals surface area contributed by atoms with Gasteiger partial charge in [-0.25, -0.2) is 17.9 Å². The van der Waals surface area contributed by atoms with Crippen LogP contribution in [0.1, 0.15) is 63.5 Å². The molecule has 47 heavy (non-hydrogen) atoms. The molecule has 2 saturated carbocycles. The Kier molecular flexibility index (Phi) is 9.79. The van der Waals surface area contributed by atoms with Crippen LogP contribution < -0.4 is 19.7 Å². The van der Waals surface area contributed by atoms with Gasteiger partial charge in [0, 0.05) is 36.6 Å². The summed E-state index contributed by atoms with van der Waals surface area (Å²) in [7, 11) is -2.43. The van der Waals surface area contributed by atoms with Crippen LogP contribution in [0.5, 0.6) is 5.75 Å². The number of halogens is 1. The summed E-state index contributed by atoms with van der Waals surface area (Å²) in [5.41, 5.74) is 1.68. The Morgan fingerprint density at radius 1 is 1.09 bits per heavy atom. The first-order valence-electron chi connectivity index (χ1n) is 16.6. The summed E-state index contributed by atoms with van der Waals surface area (Å²) >= 11 is 6.34. The molecule has 12 heteroatoms. The highest BCUT2D eigenvalue weighted by Gasteiger charge is 2.41. The Morgan fingerprint density at radius 3 is 2.64 bits per heavy atom. The molecule has 2 aromatic carbocycles. The van der Waals surface area contributed by atoms with Crippen molar-refractivity contribution in [3.05, 3.63) is 64.7 Å². The molecule has 0 saturated heterocycles. The zero-order chi connectivity index (χ0) is 33.3. The molecule has 0 unspecified atom stereocenters. The normalized spacial score (nSPS) is 26.9. The maximum Gasteiger partial charge on any atom is 0.407 e. The van der Waals surface area contributed by atoms with Gasteiger partial charge in [0.25, 0.3) is 15.9 Å². The van der Waals surface area contributed by atoms with Crippen molar-refractivity contribution >= 4 is 39.3 Å². The van der Waals surface area contributed by atoms with Crippen LogP contribution in [0.3, 0.4) is 0 Å². The van der Waals surface area contributed by atoms with Gasteiger partial charge in [-0.1, -0.05) is 23.7 Å². The summed E-state index contributed by atoms with van der Waals surface area (Å²) in [6.07, 6.45) is 9.43. The van der Waals surface area contributed by atoms with E-state index >= 15 is 0 Å². The summed E-state index contributed by atoms with van der Waals surface area (Å²) in [6, 6.07) is 10.8. The van der Waals surface area contributed by atoms with E-state index in [0.717, 1.165) is 56.1 Å². The summed E-state index contributed by atoms with van der Waals surface area (Å²) in [4.78, 5) is 30.3. The third-order valence-corrected chi connectivity index (χ3v) is 11.8. The largest absolute Gasteiger partial charge is 0.487 e. The Labute approximate surface area is 282 Å². The lowest BCUT2D eigenvalue weighted by Crippen LogP contribution is -2.54. The van der Waals surface area contributed by atoms with Crippen LogP contribution in [0.4, 0.5) is 10.5 Å². The lowest BCUT2D eigenvalue weighted by molar-refractivity contribution is -0.128. The second-order valence-electron chi connectivity index (χ2n) is 13.8.